The van der Waals surface area contributed by atoms with Crippen molar-refractivity contribution in [2.75, 3.05) is 18.4 Å². The van der Waals surface area contributed by atoms with Crippen molar-refractivity contribution in [2.45, 2.75) is 58.9 Å². The van der Waals surface area contributed by atoms with Crippen molar-refractivity contribution >= 4 is 35.1 Å². The molecule has 1 aliphatic carbocycles. The van der Waals surface area contributed by atoms with Crippen LogP contribution in [0.25, 0.3) is 0 Å². The Labute approximate surface area is 188 Å². The summed E-state index contributed by atoms with van der Waals surface area (Å²) in [5.41, 5.74) is 1.49. The molecule has 4 N–H and O–H groups in total. The summed E-state index contributed by atoms with van der Waals surface area (Å²) in [7, 11) is 0. The summed E-state index contributed by atoms with van der Waals surface area (Å²) in [6.45, 7) is 5.69. The van der Waals surface area contributed by atoms with Gasteiger partial charge < -0.3 is 15.5 Å². The third-order valence-electron chi connectivity index (χ3n) is 5.45. The molecule has 9 heteroatoms. The molecule has 0 saturated heterocycles. The maximum absolute atomic E-state index is 13.5. The topological polar surface area (TPSA) is 111 Å². The lowest BCUT2D eigenvalue weighted by Crippen LogP contribution is -2.57. The largest absolute Gasteiger partial charge is 0.331 e. The van der Waals surface area contributed by atoms with Gasteiger partial charge in [0.2, 0.25) is 5.91 Å². The van der Waals surface area contributed by atoms with E-state index in [1.54, 1.807) is 29.7 Å². The number of hydrogen-bond acceptors (Lipinski definition) is 4. The number of carbonyl (C=O) groups is 3. The van der Waals surface area contributed by atoms with E-state index in [-0.39, 0.29) is 12.5 Å². The highest BCUT2D eigenvalue weighted by molar-refractivity contribution is 6.30. The summed E-state index contributed by atoms with van der Waals surface area (Å²) in [6.07, 6.45) is 5.36. The van der Waals surface area contributed by atoms with Crippen molar-refractivity contribution < 1.29 is 19.6 Å². The highest BCUT2D eigenvalue weighted by atomic mass is 35.5. The van der Waals surface area contributed by atoms with E-state index in [1.165, 1.54) is 11.3 Å². The zero-order chi connectivity index (χ0) is 23.0. The fourth-order valence-corrected chi connectivity index (χ4v) is 4.01. The number of hydroxylamine groups is 1. The fourth-order valence-electron chi connectivity index (χ4n) is 3.82. The van der Waals surface area contributed by atoms with Crippen LogP contribution in [-0.4, -0.2) is 47.1 Å². The summed E-state index contributed by atoms with van der Waals surface area (Å²) in [5, 5.41) is 14.9. The Kier molecular flexibility index (Phi) is 9.13. The molecule has 1 aliphatic rings. The number of hydrogen-bond donors (Lipinski definition) is 4. The van der Waals surface area contributed by atoms with Gasteiger partial charge in [0.25, 0.3) is 5.91 Å². The van der Waals surface area contributed by atoms with Crippen molar-refractivity contribution in [1.82, 2.24) is 15.7 Å². The van der Waals surface area contributed by atoms with Crippen molar-refractivity contribution in [3.63, 3.8) is 0 Å². The van der Waals surface area contributed by atoms with Crippen LogP contribution < -0.4 is 16.1 Å². The number of benzene rings is 1. The van der Waals surface area contributed by atoms with Crippen LogP contribution >= 0.6 is 11.6 Å². The lowest BCUT2D eigenvalue weighted by atomic mass is 9.84. The lowest BCUT2D eigenvalue weighted by molar-refractivity contribution is -0.142. The molecule has 172 valence electrons. The normalized spacial score (nSPS) is 15.6. The first-order valence-electron chi connectivity index (χ1n) is 10.6. The minimum atomic E-state index is -0.873. The number of halogens is 1. The molecule has 0 radical (unpaired) electrons. The molecule has 0 bridgehead atoms. The van der Waals surface area contributed by atoms with Gasteiger partial charge in [0, 0.05) is 17.3 Å². The summed E-state index contributed by atoms with van der Waals surface area (Å²) >= 11 is 5.96. The third-order valence-corrected chi connectivity index (χ3v) is 5.68. The van der Waals surface area contributed by atoms with Crippen LogP contribution in [0.15, 0.2) is 24.3 Å². The van der Waals surface area contributed by atoms with Crippen LogP contribution in [0.5, 0.6) is 0 Å². The third kappa shape index (κ3) is 8.03. The molecule has 31 heavy (non-hydrogen) atoms. The minimum Gasteiger partial charge on any atom is -0.331 e. The highest BCUT2D eigenvalue weighted by Crippen LogP contribution is 2.27. The molecule has 1 fully saturated rings. The van der Waals surface area contributed by atoms with Gasteiger partial charge in [-0.05, 0) is 42.4 Å². The van der Waals surface area contributed by atoms with Gasteiger partial charge in [0.05, 0.1) is 0 Å². The van der Waals surface area contributed by atoms with E-state index >= 15 is 0 Å². The van der Waals surface area contributed by atoms with Gasteiger partial charge in [-0.15, -0.1) is 0 Å². The average Bonchev–Trinajstić information content (AvgIpc) is 2.71. The summed E-state index contributed by atoms with van der Waals surface area (Å²) < 4.78 is 0. The SMILES string of the molecule is CC(C)(C)C(NC(=O)Nc1cccc(Cl)c1)C(=O)N(CC(=O)NO)CC1CCCCC1. The maximum Gasteiger partial charge on any atom is 0.319 e. The first-order valence-corrected chi connectivity index (χ1v) is 11.0. The van der Waals surface area contributed by atoms with E-state index in [9.17, 15) is 14.4 Å². The van der Waals surface area contributed by atoms with Gasteiger partial charge in [-0.3, -0.25) is 14.8 Å². The molecule has 8 nitrogen and oxygen atoms in total. The molecule has 0 aliphatic heterocycles. The van der Waals surface area contributed by atoms with Crippen molar-refractivity contribution in [2.24, 2.45) is 11.3 Å². The van der Waals surface area contributed by atoms with E-state index in [0.717, 1.165) is 25.7 Å². The summed E-state index contributed by atoms with van der Waals surface area (Å²) in [6, 6.07) is 5.29. The molecule has 1 saturated carbocycles. The summed E-state index contributed by atoms with van der Waals surface area (Å²) in [5.74, 6) is -0.729. The van der Waals surface area contributed by atoms with Gasteiger partial charge >= 0.3 is 6.03 Å². The molecular formula is C22H33ClN4O4. The number of urea groups is 1. The first kappa shape index (κ1) is 24.9. The van der Waals surface area contributed by atoms with Gasteiger partial charge in [-0.2, -0.15) is 0 Å². The molecule has 0 aromatic heterocycles. The number of rotatable bonds is 7. The van der Waals surface area contributed by atoms with Gasteiger partial charge in [-0.25, -0.2) is 10.3 Å². The molecular weight excluding hydrogens is 420 g/mol. The molecule has 1 unspecified atom stereocenters. The predicted octanol–water partition coefficient (Wildman–Crippen LogP) is 3.79. The molecule has 0 spiro atoms. The molecule has 1 atom stereocenters. The second-order valence-corrected chi connectivity index (χ2v) is 9.60. The van der Waals surface area contributed by atoms with Gasteiger partial charge in [0.1, 0.15) is 12.6 Å². The molecule has 4 amide bonds. The average molecular weight is 453 g/mol. The number of nitrogens with one attached hydrogen (secondary N) is 3. The van der Waals surface area contributed by atoms with Crippen LogP contribution in [0.3, 0.4) is 0 Å². The van der Waals surface area contributed by atoms with Crippen LogP contribution in [0, 0.1) is 11.3 Å². The van der Waals surface area contributed by atoms with Crippen LogP contribution in [-0.2, 0) is 9.59 Å². The smallest absolute Gasteiger partial charge is 0.319 e. The van der Waals surface area contributed by atoms with E-state index in [4.69, 9.17) is 16.8 Å². The van der Waals surface area contributed by atoms with Crippen LogP contribution in [0.1, 0.15) is 52.9 Å². The number of nitrogens with zero attached hydrogens (tertiary/aromatic N) is 1. The van der Waals surface area contributed by atoms with Crippen LogP contribution in [0.4, 0.5) is 10.5 Å². The lowest BCUT2D eigenvalue weighted by Gasteiger charge is -2.36. The zero-order valence-electron chi connectivity index (χ0n) is 18.4. The molecule has 1 aromatic rings. The summed E-state index contributed by atoms with van der Waals surface area (Å²) in [4.78, 5) is 39.4. The Hall–Kier alpha value is -2.32. The Morgan fingerprint density at radius 3 is 2.45 bits per heavy atom. The second-order valence-electron chi connectivity index (χ2n) is 9.17. The number of anilines is 1. The predicted molar refractivity (Wildman–Crippen MR) is 120 cm³/mol. The Morgan fingerprint density at radius 1 is 1.19 bits per heavy atom. The Balaban J connectivity index is 2.16. The Bertz CT molecular complexity index is 775. The van der Waals surface area contributed by atoms with Crippen molar-refractivity contribution in [1.29, 1.82) is 0 Å². The molecule has 1 aromatic carbocycles. The molecule has 0 heterocycles. The monoisotopic (exact) mass is 452 g/mol. The van der Waals surface area contributed by atoms with E-state index in [1.807, 2.05) is 20.8 Å². The van der Waals surface area contributed by atoms with E-state index in [2.05, 4.69) is 10.6 Å². The van der Waals surface area contributed by atoms with E-state index < -0.39 is 23.4 Å². The second kappa shape index (κ2) is 11.3. The maximum atomic E-state index is 13.5. The minimum absolute atomic E-state index is 0.268. The number of carbonyl (C=O) groups excluding carboxylic acids is 3. The zero-order valence-corrected chi connectivity index (χ0v) is 19.2. The quantitative estimate of drug-likeness (QED) is 0.372. The first-order chi connectivity index (χ1) is 14.6. The Morgan fingerprint density at radius 2 is 1.87 bits per heavy atom. The molecule has 2 rings (SSSR count). The fraction of sp³-hybridized carbons (Fsp3) is 0.591. The number of amides is 4. The standard InChI is InChI=1S/C22H33ClN4O4/c1-22(2,3)19(25-21(30)24-17-11-7-10-16(23)12-17)20(29)27(14-18(28)26-31)13-15-8-5-4-6-9-15/h7,10-12,15,19,31H,4-6,8-9,13-14H2,1-3H3,(H,26,28)(H2,24,25,30). The van der Waals surface area contributed by atoms with Crippen molar-refractivity contribution in [3.8, 4) is 0 Å². The van der Waals surface area contributed by atoms with Crippen molar-refractivity contribution in [3.05, 3.63) is 29.3 Å². The van der Waals surface area contributed by atoms with Gasteiger partial charge in [-0.1, -0.05) is 57.7 Å². The highest BCUT2D eigenvalue weighted by Gasteiger charge is 2.37. The van der Waals surface area contributed by atoms with E-state index in [0.29, 0.717) is 23.2 Å². The van der Waals surface area contributed by atoms with Gasteiger partial charge in [0.15, 0.2) is 0 Å². The van der Waals surface area contributed by atoms with Crippen LogP contribution in [0.2, 0.25) is 5.02 Å².